The lowest BCUT2D eigenvalue weighted by atomic mass is 10.2. The van der Waals surface area contributed by atoms with Crippen molar-refractivity contribution in [3.63, 3.8) is 0 Å². The topological polar surface area (TPSA) is 99.0 Å². The molecule has 8 nitrogen and oxygen atoms in total. The summed E-state index contributed by atoms with van der Waals surface area (Å²) in [4.78, 5) is 36.5. The molecule has 1 heterocycles. The molecule has 9 heteroatoms. The Morgan fingerprint density at radius 3 is 2.63 bits per heavy atom. The summed E-state index contributed by atoms with van der Waals surface area (Å²) in [7, 11) is 1.57. The third-order valence-electron chi connectivity index (χ3n) is 4.31. The van der Waals surface area contributed by atoms with Gasteiger partial charge in [-0.2, -0.15) is 0 Å². The van der Waals surface area contributed by atoms with E-state index in [1.807, 2.05) is 0 Å². The number of non-ortho nitro benzene ring substituents is 1. The van der Waals surface area contributed by atoms with Crippen LogP contribution in [0.25, 0.3) is 6.08 Å². The lowest BCUT2D eigenvalue weighted by Gasteiger charge is -2.11. The third kappa shape index (κ3) is 5.46. The van der Waals surface area contributed by atoms with Gasteiger partial charge in [0, 0.05) is 32.4 Å². The van der Waals surface area contributed by atoms with Crippen molar-refractivity contribution in [2.45, 2.75) is 13.0 Å². The summed E-state index contributed by atoms with van der Waals surface area (Å²) in [6.07, 6.45) is 2.27. The first-order chi connectivity index (χ1) is 14.5. The van der Waals surface area contributed by atoms with Crippen molar-refractivity contribution in [2.24, 2.45) is 0 Å². The molecule has 156 valence electrons. The molecular formula is C21H20N2O6S. The second-order valence-corrected chi connectivity index (χ2v) is 7.46. The van der Waals surface area contributed by atoms with Crippen LogP contribution in [0.5, 0.6) is 5.75 Å². The Morgan fingerprint density at radius 2 is 1.93 bits per heavy atom. The minimum atomic E-state index is -0.447. The molecule has 2 aromatic rings. The number of methoxy groups -OCH3 is 1. The Hall–Kier alpha value is -3.17. The van der Waals surface area contributed by atoms with Gasteiger partial charge in [0.25, 0.3) is 16.8 Å². The zero-order valence-electron chi connectivity index (χ0n) is 16.3. The summed E-state index contributed by atoms with van der Waals surface area (Å²) in [5, 5.41) is 10.6. The van der Waals surface area contributed by atoms with E-state index in [-0.39, 0.29) is 23.4 Å². The summed E-state index contributed by atoms with van der Waals surface area (Å²) >= 11 is 0.921. The molecule has 0 bridgehead atoms. The molecule has 0 aromatic heterocycles. The molecule has 0 N–H and O–H groups in total. The highest BCUT2D eigenvalue weighted by Crippen LogP contribution is 2.32. The number of ether oxygens (including phenoxy) is 2. The Labute approximate surface area is 177 Å². The number of nitrogens with zero attached hydrogens (tertiary/aromatic N) is 2. The molecule has 0 radical (unpaired) electrons. The fourth-order valence-corrected chi connectivity index (χ4v) is 3.66. The first-order valence-corrected chi connectivity index (χ1v) is 10.00. The molecule has 0 saturated carbocycles. The van der Waals surface area contributed by atoms with Crippen LogP contribution in [0.2, 0.25) is 0 Å². The van der Waals surface area contributed by atoms with Gasteiger partial charge >= 0.3 is 0 Å². The number of amides is 2. The van der Waals surface area contributed by atoms with E-state index in [1.165, 1.54) is 17.0 Å². The van der Waals surface area contributed by atoms with E-state index >= 15 is 0 Å². The van der Waals surface area contributed by atoms with Gasteiger partial charge in [0.1, 0.15) is 12.4 Å². The quantitative estimate of drug-likeness (QED) is 0.255. The van der Waals surface area contributed by atoms with E-state index in [9.17, 15) is 19.7 Å². The summed E-state index contributed by atoms with van der Waals surface area (Å²) in [5.41, 5.74) is 1.47. The lowest BCUT2D eigenvalue weighted by molar-refractivity contribution is -0.384. The average Bonchev–Trinajstić information content (AvgIpc) is 3.01. The highest BCUT2D eigenvalue weighted by Gasteiger charge is 2.34. The minimum Gasteiger partial charge on any atom is -0.489 e. The number of hydrogen-bond donors (Lipinski definition) is 0. The zero-order valence-corrected chi connectivity index (χ0v) is 17.1. The SMILES string of the molecule is COCCCN1C(=O)S/C(=C/c2ccc(OCc3cccc([N+](=O)[O-])c3)cc2)C1=O. The van der Waals surface area contributed by atoms with Gasteiger partial charge in [-0.1, -0.05) is 24.3 Å². The van der Waals surface area contributed by atoms with Crippen molar-refractivity contribution in [1.82, 2.24) is 4.90 Å². The number of nitro groups is 1. The van der Waals surface area contributed by atoms with Crippen molar-refractivity contribution in [2.75, 3.05) is 20.3 Å². The van der Waals surface area contributed by atoms with Crippen molar-refractivity contribution >= 4 is 34.7 Å². The minimum absolute atomic E-state index is 0.0163. The number of imide groups is 1. The molecular weight excluding hydrogens is 408 g/mol. The lowest BCUT2D eigenvalue weighted by Crippen LogP contribution is -2.29. The Balaban J connectivity index is 1.60. The van der Waals surface area contributed by atoms with Crippen molar-refractivity contribution < 1.29 is 24.0 Å². The summed E-state index contributed by atoms with van der Waals surface area (Å²) in [6.45, 7) is 1.01. The van der Waals surface area contributed by atoms with Crippen LogP contribution in [0.15, 0.2) is 53.4 Å². The van der Waals surface area contributed by atoms with Gasteiger partial charge in [-0.3, -0.25) is 24.6 Å². The molecule has 2 aromatic carbocycles. The molecule has 1 saturated heterocycles. The smallest absolute Gasteiger partial charge is 0.293 e. The van der Waals surface area contributed by atoms with Crippen LogP contribution in [-0.2, 0) is 16.1 Å². The fourth-order valence-electron chi connectivity index (χ4n) is 2.80. The van der Waals surface area contributed by atoms with Crippen LogP contribution < -0.4 is 4.74 Å². The van der Waals surface area contributed by atoms with Crippen LogP contribution in [0.1, 0.15) is 17.5 Å². The van der Waals surface area contributed by atoms with Crippen LogP contribution in [0.4, 0.5) is 10.5 Å². The number of carbonyl (C=O) groups is 2. The van der Waals surface area contributed by atoms with E-state index < -0.39 is 4.92 Å². The first kappa shape index (κ1) is 21.5. The molecule has 1 aliphatic heterocycles. The molecule has 1 aliphatic rings. The Bertz CT molecular complexity index is 974. The van der Waals surface area contributed by atoms with Crippen molar-refractivity contribution in [3.8, 4) is 5.75 Å². The van der Waals surface area contributed by atoms with E-state index in [0.29, 0.717) is 35.8 Å². The summed E-state index contributed by atoms with van der Waals surface area (Å²) in [5.74, 6) is 0.290. The van der Waals surface area contributed by atoms with Crippen LogP contribution in [-0.4, -0.2) is 41.2 Å². The predicted molar refractivity (Wildman–Crippen MR) is 113 cm³/mol. The number of hydrogen-bond acceptors (Lipinski definition) is 7. The molecule has 0 unspecified atom stereocenters. The number of benzene rings is 2. The normalized spacial score (nSPS) is 15.1. The first-order valence-electron chi connectivity index (χ1n) is 9.18. The predicted octanol–water partition coefficient (Wildman–Crippen LogP) is 4.25. The molecule has 0 spiro atoms. The zero-order chi connectivity index (χ0) is 21.5. The van der Waals surface area contributed by atoms with E-state index in [2.05, 4.69) is 0 Å². The van der Waals surface area contributed by atoms with Gasteiger partial charge in [-0.15, -0.1) is 0 Å². The maximum Gasteiger partial charge on any atom is 0.293 e. The monoisotopic (exact) mass is 428 g/mol. The Morgan fingerprint density at radius 1 is 1.17 bits per heavy atom. The van der Waals surface area contributed by atoms with Gasteiger partial charge in [0.15, 0.2) is 0 Å². The molecule has 0 atom stereocenters. The van der Waals surface area contributed by atoms with Crippen LogP contribution >= 0.6 is 11.8 Å². The summed E-state index contributed by atoms with van der Waals surface area (Å²) < 4.78 is 10.6. The number of rotatable bonds is 9. The van der Waals surface area contributed by atoms with E-state index in [1.54, 1.807) is 49.6 Å². The maximum atomic E-state index is 12.4. The molecule has 3 rings (SSSR count). The molecule has 1 fully saturated rings. The van der Waals surface area contributed by atoms with Gasteiger partial charge in [-0.05, 0) is 47.5 Å². The number of thioether (sulfide) groups is 1. The molecule has 0 aliphatic carbocycles. The van der Waals surface area contributed by atoms with Gasteiger partial charge in [0.05, 0.1) is 9.83 Å². The van der Waals surface area contributed by atoms with Gasteiger partial charge in [-0.25, -0.2) is 0 Å². The maximum absolute atomic E-state index is 12.4. The molecule has 30 heavy (non-hydrogen) atoms. The van der Waals surface area contributed by atoms with Gasteiger partial charge in [0.2, 0.25) is 0 Å². The second kappa shape index (κ2) is 10.0. The second-order valence-electron chi connectivity index (χ2n) is 6.46. The highest BCUT2D eigenvalue weighted by atomic mass is 32.2. The van der Waals surface area contributed by atoms with Crippen molar-refractivity contribution in [3.05, 3.63) is 74.7 Å². The third-order valence-corrected chi connectivity index (χ3v) is 5.22. The fraction of sp³-hybridized carbons (Fsp3) is 0.238. The van der Waals surface area contributed by atoms with Crippen LogP contribution in [0.3, 0.4) is 0 Å². The van der Waals surface area contributed by atoms with Crippen LogP contribution in [0, 0.1) is 10.1 Å². The van der Waals surface area contributed by atoms with Crippen molar-refractivity contribution in [1.29, 1.82) is 0 Å². The number of nitro benzene ring substituents is 1. The standard InChI is InChI=1S/C21H20N2O6S/c1-28-11-3-10-22-20(24)19(30-21(22)25)13-15-6-8-18(9-7-15)29-14-16-4-2-5-17(12-16)23(26)27/h2,4-9,12-13H,3,10-11,14H2,1H3/b19-13+. The molecule has 2 amide bonds. The number of carbonyl (C=O) groups excluding carboxylic acids is 2. The highest BCUT2D eigenvalue weighted by molar-refractivity contribution is 8.18. The summed E-state index contributed by atoms with van der Waals surface area (Å²) in [6, 6.07) is 13.3. The van der Waals surface area contributed by atoms with Gasteiger partial charge < -0.3 is 9.47 Å². The average molecular weight is 428 g/mol. The van der Waals surface area contributed by atoms with E-state index in [4.69, 9.17) is 9.47 Å². The largest absolute Gasteiger partial charge is 0.489 e. The van der Waals surface area contributed by atoms with E-state index in [0.717, 1.165) is 17.3 Å². The Kier molecular flexibility index (Phi) is 7.21.